The van der Waals surface area contributed by atoms with E-state index in [1.807, 2.05) is 36.0 Å². The minimum absolute atomic E-state index is 0.0601. The molecule has 19 heavy (non-hydrogen) atoms. The molecule has 0 bridgehead atoms. The molecule has 6 heteroatoms. The maximum Gasteiger partial charge on any atom is 0.0492 e. The molecular formula is C13H16BrClN4. The summed E-state index contributed by atoms with van der Waals surface area (Å²) in [5, 5.41) is 4.86. The number of aromatic nitrogens is 2. The maximum absolute atomic E-state index is 6.06. The Kier molecular flexibility index (Phi) is 4.99. The summed E-state index contributed by atoms with van der Waals surface area (Å²) in [5.41, 5.74) is 5.10. The number of aryl methyl sites for hydroxylation is 2. The van der Waals surface area contributed by atoms with Crippen LogP contribution in [0.25, 0.3) is 0 Å². The van der Waals surface area contributed by atoms with Crippen LogP contribution >= 0.6 is 27.5 Å². The number of nitrogens with two attached hydrogens (primary N) is 1. The van der Waals surface area contributed by atoms with Crippen LogP contribution < -0.4 is 11.3 Å². The Labute approximate surface area is 126 Å². The minimum Gasteiger partial charge on any atom is -0.273 e. The molecule has 0 aliphatic heterocycles. The summed E-state index contributed by atoms with van der Waals surface area (Å²) in [5.74, 6) is 5.65. The van der Waals surface area contributed by atoms with Gasteiger partial charge < -0.3 is 0 Å². The second-order valence-electron chi connectivity index (χ2n) is 4.41. The van der Waals surface area contributed by atoms with Gasteiger partial charge in [-0.1, -0.05) is 27.5 Å². The number of hydrogen-bond acceptors (Lipinski definition) is 3. The van der Waals surface area contributed by atoms with E-state index in [-0.39, 0.29) is 6.04 Å². The molecule has 0 fully saturated rings. The summed E-state index contributed by atoms with van der Waals surface area (Å²) in [4.78, 5) is 0. The lowest BCUT2D eigenvalue weighted by molar-refractivity contribution is 0.506. The third kappa shape index (κ3) is 3.79. The van der Waals surface area contributed by atoms with Crippen LogP contribution in [0.1, 0.15) is 23.7 Å². The molecule has 2 rings (SSSR count). The molecule has 1 aromatic heterocycles. The number of benzene rings is 1. The highest BCUT2D eigenvalue weighted by Crippen LogP contribution is 2.26. The standard InChI is InChI=1S/C13H16BrClN4/c1-19-12(4-5-17-19)2-3-13(18-16)9-6-10(14)8-11(15)7-9/h4-8,13,18H,2-3,16H2,1H3. The number of nitrogens with one attached hydrogen (secondary N) is 1. The predicted molar refractivity (Wildman–Crippen MR) is 80.7 cm³/mol. The van der Waals surface area contributed by atoms with Crippen LogP contribution in [-0.2, 0) is 13.5 Å². The van der Waals surface area contributed by atoms with Crippen LogP contribution in [0.5, 0.6) is 0 Å². The van der Waals surface area contributed by atoms with Gasteiger partial charge in [-0.25, -0.2) is 0 Å². The molecule has 1 heterocycles. The molecule has 0 saturated carbocycles. The van der Waals surface area contributed by atoms with Gasteiger partial charge in [0.2, 0.25) is 0 Å². The van der Waals surface area contributed by atoms with Gasteiger partial charge in [0.1, 0.15) is 0 Å². The highest BCUT2D eigenvalue weighted by Gasteiger charge is 2.12. The molecule has 0 saturated heterocycles. The fourth-order valence-corrected chi connectivity index (χ4v) is 2.95. The normalized spacial score (nSPS) is 12.6. The van der Waals surface area contributed by atoms with Crippen molar-refractivity contribution in [2.24, 2.45) is 12.9 Å². The molecule has 2 aromatic rings. The van der Waals surface area contributed by atoms with E-state index in [1.54, 1.807) is 6.20 Å². The van der Waals surface area contributed by atoms with Gasteiger partial charge in [-0.3, -0.25) is 16.0 Å². The molecule has 0 radical (unpaired) electrons. The van der Waals surface area contributed by atoms with Crippen molar-refractivity contribution in [3.63, 3.8) is 0 Å². The van der Waals surface area contributed by atoms with Crippen molar-refractivity contribution in [2.75, 3.05) is 0 Å². The average Bonchev–Trinajstić information content (AvgIpc) is 2.75. The van der Waals surface area contributed by atoms with Crippen molar-refractivity contribution < 1.29 is 0 Å². The van der Waals surface area contributed by atoms with Gasteiger partial charge in [0.05, 0.1) is 0 Å². The zero-order valence-corrected chi connectivity index (χ0v) is 12.9. The van der Waals surface area contributed by atoms with Crippen LogP contribution in [-0.4, -0.2) is 9.78 Å². The van der Waals surface area contributed by atoms with Crippen molar-refractivity contribution in [2.45, 2.75) is 18.9 Å². The van der Waals surface area contributed by atoms with Crippen molar-refractivity contribution in [1.82, 2.24) is 15.2 Å². The third-order valence-electron chi connectivity index (χ3n) is 3.10. The van der Waals surface area contributed by atoms with Gasteiger partial charge >= 0.3 is 0 Å². The zero-order valence-electron chi connectivity index (χ0n) is 10.6. The van der Waals surface area contributed by atoms with Crippen molar-refractivity contribution in [1.29, 1.82) is 0 Å². The van der Waals surface area contributed by atoms with Crippen molar-refractivity contribution in [3.8, 4) is 0 Å². The number of halogens is 2. The number of nitrogens with zero attached hydrogens (tertiary/aromatic N) is 2. The smallest absolute Gasteiger partial charge is 0.0492 e. The van der Waals surface area contributed by atoms with Gasteiger partial charge in [-0.05, 0) is 42.7 Å². The topological polar surface area (TPSA) is 55.9 Å². The molecule has 1 unspecified atom stereocenters. The molecule has 0 aliphatic rings. The summed E-state index contributed by atoms with van der Waals surface area (Å²) in [6.07, 6.45) is 3.58. The Morgan fingerprint density at radius 2 is 2.26 bits per heavy atom. The zero-order chi connectivity index (χ0) is 13.8. The fourth-order valence-electron chi connectivity index (χ4n) is 2.06. The lowest BCUT2D eigenvalue weighted by Crippen LogP contribution is -2.28. The highest BCUT2D eigenvalue weighted by atomic mass is 79.9. The van der Waals surface area contributed by atoms with Crippen LogP contribution in [0.3, 0.4) is 0 Å². The molecule has 3 N–H and O–H groups in total. The minimum atomic E-state index is 0.0601. The summed E-state index contributed by atoms with van der Waals surface area (Å²) in [6, 6.07) is 7.89. The predicted octanol–water partition coefficient (Wildman–Crippen LogP) is 2.97. The van der Waals surface area contributed by atoms with Crippen LogP contribution in [0, 0.1) is 0 Å². The molecule has 1 aromatic carbocycles. The van der Waals surface area contributed by atoms with Crippen molar-refractivity contribution in [3.05, 3.63) is 51.2 Å². The van der Waals surface area contributed by atoms with E-state index in [4.69, 9.17) is 17.4 Å². The van der Waals surface area contributed by atoms with Crippen LogP contribution in [0.4, 0.5) is 0 Å². The van der Waals surface area contributed by atoms with E-state index in [1.165, 1.54) is 5.69 Å². The Morgan fingerprint density at radius 3 is 2.84 bits per heavy atom. The van der Waals surface area contributed by atoms with E-state index in [0.717, 1.165) is 22.9 Å². The summed E-state index contributed by atoms with van der Waals surface area (Å²) in [7, 11) is 1.94. The summed E-state index contributed by atoms with van der Waals surface area (Å²) >= 11 is 9.51. The summed E-state index contributed by atoms with van der Waals surface area (Å²) < 4.78 is 2.83. The van der Waals surface area contributed by atoms with E-state index in [2.05, 4.69) is 26.5 Å². The van der Waals surface area contributed by atoms with Gasteiger partial charge in [0.15, 0.2) is 0 Å². The highest BCUT2D eigenvalue weighted by molar-refractivity contribution is 9.10. The first kappa shape index (κ1) is 14.5. The van der Waals surface area contributed by atoms with E-state index in [9.17, 15) is 0 Å². The summed E-state index contributed by atoms with van der Waals surface area (Å²) in [6.45, 7) is 0. The van der Waals surface area contributed by atoms with E-state index < -0.39 is 0 Å². The molecule has 0 spiro atoms. The number of hydrazine groups is 1. The number of rotatable bonds is 5. The van der Waals surface area contributed by atoms with E-state index >= 15 is 0 Å². The molecular weight excluding hydrogens is 328 g/mol. The molecule has 0 amide bonds. The second-order valence-corrected chi connectivity index (χ2v) is 5.76. The van der Waals surface area contributed by atoms with Gasteiger partial charge in [0.25, 0.3) is 0 Å². The quantitative estimate of drug-likeness (QED) is 0.648. The molecule has 0 aliphatic carbocycles. The Morgan fingerprint density at radius 1 is 1.47 bits per heavy atom. The second kappa shape index (κ2) is 6.52. The molecule has 102 valence electrons. The van der Waals surface area contributed by atoms with Gasteiger partial charge in [-0.15, -0.1) is 0 Å². The third-order valence-corrected chi connectivity index (χ3v) is 3.78. The largest absolute Gasteiger partial charge is 0.273 e. The van der Waals surface area contributed by atoms with Gasteiger partial charge in [0, 0.05) is 34.5 Å². The monoisotopic (exact) mass is 342 g/mol. The lowest BCUT2D eigenvalue weighted by atomic mass is 10.0. The SMILES string of the molecule is Cn1nccc1CCC(NN)c1cc(Cl)cc(Br)c1. The first-order chi connectivity index (χ1) is 9.10. The van der Waals surface area contributed by atoms with Crippen molar-refractivity contribution >= 4 is 27.5 Å². The Hall–Kier alpha value is -0.880. The molecule has 1 atom stereocenters. The average molecular weight is 344 g/mol. The lowest BCUT2D eigenvalue weighted by Gasteiger charge is -2.17. The Bertz CT molecular complexity index is 535. The maximum atomic E-state index is 6.06. The van der Waals surface area contributed by atoms with Gasteiger partial charge in [-0.2, -0.15) is 5.10 Å². The van der Waals surface area contributed by atoms with Crippen LogP contribution in [0.15, 0.2) is 34.9 Å². The van der Waals surface area contributed by atoms with Crippen LogP contribution in [0.2, 0.25) is 5.02 Å². The first-order valence-corrected chi connectivity index (χ1v) is 7.16. The Balaban J connectivity index is 2.09. The fraction of sp³-hybridized carbons (Fsp3) is 0.308. The van der Waals surface area contributed by atoms with E-state index in [0.29, 0.717) is 5.02 Å². The number of hydrogen-bond donors (Lipinski definition) is 2. The molecule has 4 nitrogen and oxygen atoms in total. The first-order valence-electron chi connectivity index (χ1n) is 5.99.